The molecule has 3 rings (SSSR count). The van der Waals surface area contributed by atoms with E-state index in [1.807, 2.05) is 4.90 Å². The van der Waals surface area contributed by atoms with Gasteiger partial charge in [0.2, 0.25) is 0 Å². The summed E-state index contributed by atoms with van der Waals surface area (Å²) in [6, 6.07) is 6.86. The molecule has 0 radical (unpaired) electrons. The number of carbonyl (C=O) groups excluding carboxylic acids is 2. The predicted molar refractivity (Wildman–Crippen MR) is 95.8 cm³/mol. The van der Waals surface area contributed by atoms with E-state index < -0.39 is 0 Å². The van der Waals surface area contributed by atoms with Gasteiger partial charge in [-0.1, -0.05) is 6.07 Å². The lowest BCUT2D eigenvalue weighted by Gasteiger charge is -2.32. The summed E-state index contributed by atoms with van der Waals surface area (Å²) in [5.41, 5.74) is 1.23. The van der Waals surface area contributed by atoms with Crippen LogP contribution in [-0.2, 0) is 4.74 Å². The van der Waals surface area contributed by atoms with Gasteiger partial charge in [0, 0.05) is 56.5 Å². The van der Waals surface area contributed by atoms with Crippen molar-refractivity contribution in [3.8, 4) is 0 Å². The highest BCUT2D eigenvalue weighted by Gasteiger charge is 2.21. The molecule has 7 nitrogen and oxygen atoms in total. The maximum Gasteiger partial charge on any atom is 0.319 e. The summed E-state index contributed by atoms with van der Waals surface area (Å²) in [5, 5.41) is 5.66. The molecule has 2 aliphatic rings. The van der Waals surface area contributed by atoms with Gasteiger partial charge in [-0.15, -0.1) is 0 Å². The van der Waals surface area contributed by atoms with Crippen LogP contribution in [0.5, 0.6) is 0 Å². The number of nitrogens with one attached hydrogen (secondary N) is 2. The second-order valence-corrected chi connectivity index (χ2v) is 6.74. The van der Waals surface area contributed by atoms with E-state index in [1.165, 1.54) is 0 Å². The van der Waals surface area contributed by atoms with E-state index in [0.29, 0.717) is 30.3 Å². The maximum atomic E-state index is 12.6. The van der Waals surface area contributed by atoms with Crippen LogP contribution in [0.25, 0.3) is 0 Å². The number of ether oxygens (including phenoxy) is 1. The fourth-order valence-corrected chi connectivity index (χ4v) is 3.08. The first-order chi connectivity index (χ1) is 12.1. The van der Waals surface area contributed by atoms with Crippen LogP contribution in [0.1, 0.15) is 16.8 Å². The zero-order chi connectivity index (χ0) is 17.6. The summed E-state index contributed by atoms with van der Waals surface area (Å²) in [5.74, 6) is 0.399. The molecule has 3 amide bonds. The minimum atomic E-state index is -0.254. The molecule has 0 spiro atoms. The van der Waals surface area contributed by atoms with Gasteiger partial charge in [-0.05, 0) is 31.7 Å². The number of hydrogen-bond acceptors (Lipinski definition) is 4. The Morgan fingerprint density at radius 3 is 2.76 bits per heavy atom. The van der Waals surface area contributed by atoms with Crippen molar-refractivity contribution < 1.29 is 14.3 Å². The zero-order valence-corrected chi connectivity index (χ0v) is 14.7. The van der Waals surface area contributed by atoms with Crippen molar-refractivity contribution in [3.63, 3.8) is 0 Å². The monoisotopic (exact) mass is 346 g/mol. The summed E-state index contributed by atoms with van der Waals surface area (Å²) in [4.78, 5) is 28.7. The number of nitrogens with zero attached hydrogens (tertiary/aromatic N) is 2. The van der Waals surface area contributed by atoms with Crippen LogP contribution >= 0.6 is 0 Å². The van der Waals surface area contributed by atoms with E-state index >= 15 is 0 Å². The molecule has 7 heteroatoms. The standard InChI is InChI=1S/C18H26N4O3/c1-21-6-8-22(9-7-21)17(23)15-3-2-4-16(11-15)20-18(24)19-12-14-5-10-25-13-14/h2-4,11,14H,5-10,12-13H2,1H3,(H2,19,20,24)/t14-/m1/s1. The number of anilines is 1. The Morgan fingerprint density at radius 2 is 2.04 bits per heavy atom. The van der Waals surface area contributed by atoms with Crippen LogP contribution in [0, 0.1) is 5.92 Å². The molecule has 2 fully saturated rings. The fraction of sp³-hybridized carbons (Fsp3) is 0.556. The van der Waals surface area contributed by atoms with Crippen molar-refractivity contribution in [2.75, 3.05) is 58.3 Å². The second-order valence-electron chi connectivity index (χ2n) is 6.74. The lowest BCUT2D eigenvalue weighted by Crippen LogP contribution is -2.47. The second kappa shape index (κ2) is 8.31. The number of piperazine rings is 1. The largest absolute Gasteiger partial charge is 0.381 e. The molecule has 0 unspecified atom stereocenters. The van der Waals surface area contributed by atoms with Crippen molar-refractivity contribution in [2.24, 2.45) is 5.92 Å². The Bertz CT molecular complexity index is 608. The molecular formula is C18H26N4O3. The molecule has 0 saturated carbocycles. The van der Waals surface area contributed by atoms with Crippen molar-refractivity contribution in [1.29, 1.82) is 0 Å². The van der Waals surface area contributed by atoms with E-state index in [-0.39, 0.29) is 11.9 Å². The van der Waals surface area contributed by atoms with Crippen LogP contribution < -0.4 is 10.6 Å². The first-order valence-electron chi connectivity index (χ1n) is 8.82. The summed E-state index contributed by atoms with van der Waals surface area (Å²) in [6.45, 7) is 5.31. The lowest BCUT2D eigenvalue weighted by molar-refractivity contribution is 0.0664. The summed E-state index contributed by atoms with van der Waals surface area (Å²) >= 11 is 0. The van der Waals surface area contributed by atoms with Crippen LogP contribution in [0.2, 0.25) is 0 Å². The number of benzene rings is 1. The quantitative estimate of drug-likeness (QED) is 0.860. The zero-order valence-electron chi connectivity index (χ0n) is 14.7. The topological polar surface area (TPSA) is 73.9 Å². The first-order valence-corrected chi connectivity index (χ1v) is 8.82. The number of likely N-dealkylation sites (N-methyl/N-ethyl adjacent to an activating group) is 1. The van der Waals surface area contributed by atoms with Gasteiger partial charge >= 0.3 is 6.03 Å². The molecule has 0 aliphatic carbocycles. The van der Waals surface area contributed by atoms with E-state index in [9.17, 15) is 9.59 Å². The number of amides is 3. The minimum absolute atomic E-state index is 0.0141. The Labute approximate surface area is 148 Å². The summed E-state index contributed by atoms with van der Waals surface area (Å²) < 4.78 is 5.30. The molecule has 136 valence electrons. The van der Waals surface area contributed by atoms with Gasteiger partial charge in [-0.2, -0.15) is 0 Å². The molecular weight excluding hydrogens is 320 g/mol. The molecule has 2 saturated heterocycles. The van der Waals surface area contributed by atoms with Crippen molar-refractivity contribution in [3.05, 3.63) is 29.8 Å². The summed E-state index contributed by atoms with van der Waals surface area (Å²) in [7, 11) is 2.06. The highest BCUT2D eigenvalue weighted by atomic mass is 16.5. The Hall–Kier alpha value is -2.12. The average molecular weight is 346 g/mol. The van der Waals surface area contributed by atoms with E-state index in [0.717, 1.165) is 39.2 Å². The minimum Gasteiger partial charge on any atom is -0.381 e. The third kappa shape index (κ3) is 4.93. The third-order valence-corrected chi connectivity index (χ3v) is 4.73. The van der Waals surface area contributed by atoms with Crippen molar-refractivity contribution in [2.45, 2.75) is 6.42 Å². The first kappa shape index (κ1) is 17.7. The number of hydrogen-bond donors (Lipinski definition) is 2. The van der Waals surface area contributed by atoms with E-state index in [2.05, 4.69) is 22.6 Å². The lowest BCUT2D eigenvalue weighted by atomic mass is 10.1. The Morgan fingerprint density at radius 1 is 1.24 bits per heavy atom. The smallest absolute Gasteiger partial charge is 0.319 e. The normalized spacial score (nSPS) is 21.2. The maximum absolute atomic E-state index is 12.6. The third-order valence-electron chi connectivity index (χ3n) is 4.73. The van der Waals surface area contributed by atoms with E-state index in [1.54, 1.807) is 24.3 Å². The molecule has 2 aliphatic heterocycles. The number of rotatable bonds is 4. The van der Waals surface area contributed by atoms with E-state index in [4.69, 9.17) is 4.74 Å². The molecule has 2 heterocycles. The average Bonchev–Trinajstić information content (AvgIpc) is 3.14. The van der Waals surface area contributed by atoms with Crippen molar-refractivity contribution >= 4 is 17.6 Å². The fourth-order valence-electron chi connectivity index (χ4n) is 3.08. The summed E-state index contributed by atoms with van der Waals surface area (Å²) in [6.07, 6.45) is 0.981. The molecule has 0 aromatic heterocycles. The van der Waals surface area contributed by atoms with Gasteiger partial charge in [0.25, 0.3) is 5.91 Å². The molecule has 25 heavy (non-hydrogen) atoms. The highest BCUT2D eigenvalue weighted by molar-refractivity contribution is 5.97. The Balaban J connectivity index is 1.53. The van der Waals surface area contributed by atoms with Gasteiger partial charge in [0.1, 0.15) is 0 Å². The predicted octanol–water partition coefficient (Wildman–Crippen LogP) is 1.23. The molecule has 1 atom stereocenters. The van der Waals surface area contributed by atoms with Crippen LogP contribution in [-0.4, -0.2) is 74.7 Å². The highest BCUT2D eigenvalue weighted by Crippen LogP contribution is 2.14. The van der Waals surface area contributed by atoms with Gasteiger partial charge in [-0.25, -0.2) is 4.79 Å². The van der Waals surface area contributed by atoms with Gasteiger partial charge in [-0.3, -0.25) is 4.79 Å². The Kier molecular flexibility index (Phi) is 5.88. The van der Waals surface area contributed by atoms with Crippen LogP contribution in [0.3, 0.4) is 0 Å². The number of urea groups is 1. The van der Waals surface area contributed by atoms with Crippen LogP contribution in [0.15, 0.2) is 24.3 Å². The molecule has 2 N–H and O–H groups in total. The number of carbonyl (C=O) groups is 2. The van der Waals surface area contributed by atoms with Gasteiger partial charge < -0.3 is 25.2 Å². The molecule has 0 bridgehead atoms. The molecule has 1 aromatic carbocycles. The van der Waals surface area contributed by atoms with Gasteiger partial charge in [0.15, 0.2) is 0 Å². The van der Waals surface area contributed by atoms with Crippen molar-refractivity contribution in [1.82, 2.24) is 15.1 Å². The van der Waals surface area contributed by atoms with Crippen LogP contribution in [0.4, 0.5) is 10.5 Å². The SMILES string of the molecule is CN1CCN(C(=O)c2cccc(NC(=O)NC[C@H]3CCOC3)c2)CC1. The van der Waals surface area contributed by atoms with Gasteiger partial charge in [0.05, 0.1) is 6.61 Å². The molecule has 1 aromatic rings.